The topological polar surface area (TPSA) is 95.7 Å². The summed E-state index contributed by atoms with van der Waals surface area (Å²) in [6.45, 7) is 8.73. The Hall–Kier alpha value is -2.42. The number of nitrogens with one attached hydrogen (secondary N) is 1. The first-order valence-electron chi connectivity index (χ1n) is 10.2. The van der Waals surface area contributed by atoms with Crippen molar-refractivity contribution < 1.29 is 13.2 Å². The van der Waals surface area contributed by atoms with Crippen LogP contribution < -0.4 is 15.4 Å². The number of piperazine rings is 1. The fourth-order valence-corrected chi connectivity index (χ4v) is 4.19. The molecule has 1 fully saturated rings. The third-order valence-electron chi connectivity index (χ3n) is 5.64. The number of carbonyl (C=O) groups excluding carboxylic acids is 1. The average Bonchev–Trinajstić information content (AvgIpc) is 2.70. The predicted molar refractivity (Wildman–Crippen MR) is 119 cm³/mol. The zero-order valence-corrected chi connectivity index (χ0v) is 18.4. The lowest BCUT2D eigenvalue weighted by molar-refractivity contribution is -0.122. The minimum Gasteiger partial charge on any atom is -0.369 e. The van der Waals surface area contributed by atoms with E-state index in [1.54, 1.807) is 12.1 Å². The standard InChI is InChI=1S/C22H30N4O3S/c1-17-4-3-5-21(18(17)2)26-14-12-25(13-15-26)16-22(27)24-11-10-19-6-8-20(9-7-19)30(23,28)29/h3-9H,10-16H2,1-2H3,(H,24,27)(H2,23,28,29). The number of nitrogens with zero attached hydrogens (tertiary/aromatic N) is 2. The van der Waals surface area contributed by atoms with E-state index in [4.69, 9.17) is 5.14 Å². The van der Waals surface area contributed by atoms with E-state index in [0.717, 1.165) is 31.7 Å². The number of hydrogen-bond acceptors (Lipinski definition) is 5. The molecule has 7 nitrogen and oxygen atoms in total. The molecule has 0 atom stereocenters. The van der Waals surface area contributed by atoms with Crippen molar-refractivity contribution in [3.8, 4) is 0 Å². The van der Waals surface area contributed by atoms with Crippen LogP contribution in [0.4, 0.5) is 5.69 Å². The lowest BCUT2D eigenvalue weighted by Crippen LogP contribution is -2.49. The maximum Gasteiger partial charge on any atom is 0.238 e. The second-order valence-electron chi connectivity index (χ2n) is 7.77. The average molecular weight is 431 g/mol. The smallest absolute Gasteiger partial charge is 0.238 e. The maximum atomic E-state index is 12.3. The number of rotatable bonds is 7. The van der Waals surface area contributed by atoms with Crippen LogP contribution in [0, 0.1) is 13.8 Å². The molecule has 0 spiro atoms. The summed E-state index contributed by atoms with van der Waals surface area (Å²) in [5.74, 6) is 0.0105. The van der Waals surface area contributed by atoms with Crippen molar-refractivity contribution in [2.45, 2.75) is 25.2 Å². The van der Waals surface area contributed by atoms with Crippen molar-refractivity contribution in [1.82, 2.24) is 10.2 Å². The Morgan fingerprint density at radius 2 is 1.70 bits per heavy atom. The monoisotopic (exact) mass is 430 g/mol. The minimum absolute atomic E-state index is 0.0105. The highest BCUT2D eigenvalue weighted by molar-refractivity contribution is 7.89. The number of primary sulfonamides is 1. The van der Waals surface area contributed by atoms with Gasteiger partial charge in [-0.15, -0.1) is 0 Å². The van der Waals surface area contributed by atoms with Crippen molar-refractivity contribution in [1.29, 1.82) is 0 Å². The normalized spacial score (nSPS) is 15.2. The lowest BCUT2D eigenvalue weighted by atomic mass is 10.1. The van der Waals surface area contributed by atoms with Crippen molar-refractivity contribution in [3.05, 3.63) is 59.2 Å². The summed E-state index contributed by atoms with van der Waals surface area (Å²) in [6, 6.07) is 12.8. The summed E-state index contributed by atoms with van der Waals surface area (Å²) in [6.07, 6.45) is 0.636. The fourth-order valence-electron chi connectivity index (χ4n) is 3.68. The molecule has 0 radical (unpaired) electrons. The van der Waals surface area contributed by atoms with Gasteiger partial charge in [-0.3, -0.25) is 9.69 Å². The van der Waals surface area contributed by atoms with Crippen LogP contribution in [-0.2, 0) is 21.2 Å². The van der Waals surface area contributed by atoms with Gasteiger partial charge in [-0.25, -0.2) is 13.6 Å². The van der Waals surface area contributed by atoms with Crippen LogP contribution in [-0.4, -0.2) is 58.5 Å². The van der Waals surface area contributed by atoms with E-state index in [1.807, 2.05) is 0 Å². The van der Waals surface area contributed by atoms with E-state index in [0.29, 0.717) is 19.5 Å². The highest BCUT2D eigenvalue weighted by atomic mass is 32.2. The molecule has 3 rings (SSSR count). The van der Waals surface area contributed by atoms with Crippen LogP contribution >= 0.6 is 0 Å². The molecule has 0 aromatic heterocycles. The molecular weight excluding hydrogens is 400 g/mol. The van der Waals surface area contributed by atoms with Crippen molar-refractivity contribution in [3.63, 3.8) is 0 Å². The molecule has 0 bridgehead atoms. The first kappa shape index (κ1) is 22.3. The lowest BCUT2D eigenvalue weighted by Gasteiger charge is -2.36. The molecule has 0 aliphatic carbocycles. The molecule has 162 valence electrons. The van der Waals surface area contributed by atoms with Crippen molar-refractivity contribution >= 4 is 21.6 Å². The van der Waals surface area contributed by atoms with Gasteiger partial charge >= 0.3 is 0 Å². The van der Waals surface area contributed by atoms with E-state index >= 15 is 0 Å². The zero-order chi connectivity index (χ0) is 21.7. The second-order valence-corrected chi connectivity index (χ2v) is 9.33. The van der Waals surface area contributed by atoms with Gasteiger partial charge in [0.2, 0.25) is 15.9 Å². The van der Waals surface area contributed by atoms with Crippen molar-refractivity contribution in [2.75, 3.05) is 44.2 Å². The highest BCUT2D eigenvalue weighted by Crippen LogP contribution is 2.23. The quantitative estimate of drug-likeness (QED) is 0.693. The van der Waals surface area contributed by atoms with Crippen LogP contribution in [0.3, 0.4) is 0 Å². The van der Waals surface area contributed by atoms with Gasteiger partial charge in [0.25, 0.3) is 0 Å². The minimum atomic E-state index is -3.68. The van der Waals surface area contributed by atoms with Gasteiger partial charge in [-0.2, -0.15) is 0 Å². The molecule has 1 saturated heterocycles. The van der Waals surface area contributed by atoms with Crippen LogP contribution in [0.5, 0.6) is 0 Å². The Balaban J connectivity index is 1.40. The number of amides is 1. The number of nitrogens with two attached hydrogens (primary N) is 1. The van der Waals surface area contributed by atoms with Crippen LogP contribution in [0.25, 0.3) is 0 Å². The Kier molecular flexibility index (Phi) is 7.12. The highest BCUT2D eigenvalue weighted by Gasteiger charge is 2.20. The Morgan fingerprint density at radius 1 is 1.03 bits per heavy atom. The molecular formula is C22H30N4O3S. The van der Waals surface area contributed by atoms with Gasteiger partial charge in [0.15, 0.2) is 0 Å². The van der Waals surface area contributed by atoms with E-state index < -0.39 is 10.0 Å². The van der Waals surface area contributed by atoms with Crippen LogP contribution in [0.2, 0.25) is 0 Å². The molecule has 1 amide bonds. The molecule has 8 heteroatoms. The third kappa shape index (κ3) is 5.81. The number of sulfonamides is 1. The molecule has 3 N–H and O–H groups in total. The number of benzene rings is 2. The molecule has 1 aliphatic rings. The van der Waals surface area contributed by atoms with E-state index in [9.17, 15) is 13.2 Å². The summed E-state index contributed by atoms with van der Waals surface area (Å²) in [5.41, 5.74) is 4.85. The molecule has 2 aromatic carbocycles. The zero-order valence-electron chi connectivity index (χ0n) is 17.6. The summed E-state index contributed by atoms with van der Waals surface area (Å²) < 4.78 is 22.6. The number of hydrogen-bond donors (Lipinski definition) is 2. The summed E-state index contributed by atoms with van der Waals surface area (Å²) in [5, 5.41) is 8.04. The van der Waals surface area contributed by atoms with E-state index in [2.05, 4.69) is 47.2 Å². The Labute approximate surface area is 178 Å². The van der Waals surface area contributed by atoms with Crippen LogP contribution in [0.1, 0.15) is 16.7 Å². The van der Waals surface area contributed by atoms with E-state index in [-0.39, 0.29) is 10.8 Å². The predicted octanol–water partition coefficient (Wildman–Crippen LogP) is 1.43. The van der Waals surface area contributed by atoms with Gasteiger partial charge in [0.05, 0.1) is 11.4 Å². The molecule has 1 heterocycles. The van der Waals surface area contributed by atoms with Gasteiger partial charge in [-0.1, -0.05) is 24.3 Å². The number of aryl methyl sites for hydroxylation is 1. The Morgan fingerprint density at radius 3 is 2.33 bits per heavy atom. The fraction of sp³-hybridized carbons (Fsp3) is 0.409. The van der Waals surface area contributed by atoms with E-state index in [1.165, 1.54) is 28.9 Å². The molecule has 30 heavy (non-hydrogen) atoms. The molecule has 2 aromatic rings. The van der Waals surface area contributed by atoms with Crippen molar-refractivity contribution in [2.24, 2.45) is 5.14 Å². The first-order valence-corrected chi connectivity index (χ1v) is 11.7. The molecule has 1 aliphatic heterocycles. The summed E-state index contributed by atoms with van der Waals surface area (Å²) in [7, 11) is -3.68. The Bertz CT molecular complexity index is 982. The first-order chi connectivity index (χ1) is 14.2. The SMILES string of the molecule is Cc1cccc(N2CCN(CC(=O)NCCc3ccc(S(N)(=O)=O)cc3)CC2)c1C. The van der Waals surface area contributed by atoms with Crippen LogP contribution in [0.15, 0.2) is 47.4 Å². The molecule has 0 saturated carbocycles. The third-order valence-corrected chi connectivity index (χ3v) is 6.57. The summed E-state index contributed by atoms with van der Waals surface area (Å²) >= 11 is 0. The van der Waals surface area contributed by atoms with Gasteiger partial charge in [0, 0.05) is 38.4 Å². The second kappa shape index (κ2) is 9.59. The summed E-state index contributed by atoms with van der Waals surface area (Å²) in [4.78, 5) is 16.9. The van der Waals surface area contributed by atoms with Gasteiger partial charge < -0.3 is 10.2 Å². The largest absolute Gasteiger partial charge is 0.369 e. The number of anilines is 1. The van der Waals surface area contributed by atoms with Gasteiger partial charge in [-0.05, 0) is 55.2 Å². The maximum absolute atomic E-state index is 12.3. The molecule has 0 unspecified atom stereocenters. The van der Waals surface area contributed by atoms with Gasteiger partial charge in [0.1, 0.15) is 0 Å². The number of carbonyl (C=O) groups is 1.